The number of ether oxygens (including phenoxy) is 4. The molecule has 24 heavy (non-hydrogen) atoms. The molecule has 0 N–H and O–H groups in total. The summed E-state index contributed by atoms with van der Waals surface area (Å²) >= 11 is 0. The van der Waals surface area contributed by atoms with Crippen LogP contribution in [-0.2, 0) is 25.6 Å². The third kappa shape index (κ3) is 4.46. The molecule has 2 aromatic rings. The molecule has 5 heteroatoms. The van der Waals surface area contributed by atoms with Crippen molar-refractivity contribution in [3.63, 3.8) is 0 Å². The van der Waals surface area contributed by atoms with E-state index in [0.717, 1.165) is 41.5 Å². The van der Waals surface area contributed by atoms with E-state index in [1.54, 1.807) is 7.11 Å². The molecule has 0 saturated carbocycles. The van der Waals surface area contributed by atoms with Crippen LogP contribution >= 0.6 is 0 Å². The number of methoxy groups -OCH3 is 1. The summed E-state index contributed by atoms with van der Waals surface area (Å²) in [6.45, 7) is 1.44. The summed E-state index contributed by atoms with van der Waals surface area (Å²) in [4.78, 5) is 11.7. The van der Waals surface area contributed by atoms with Crippen LogP contribution in [0.15, 0.2) is 36.4 Å². The van der Waals surface area contributed by atoms with Crippen molar-refractivity contribution in [1.29, 1.82) is 0 Å². The van der Waals surface area contributed by atoms with Crippen molar-refractivity contribution < 1.29 is 23.7 Å². The normalized spacial score (nSPS) is 17.1. The van der Waals surface area contributed by atoms with E-state index in [1.165, 1.54) is 0 Å². The van der Waals surface area contributed by atoms with Gasteiger partial charge in [0.15, 0.2) is 0 Å². The molecule has 0 bridgehead atoms. The zero-order valence-electron chi connectivity index (χ0n) is 13.8. The van der Waals surface area contributed by atoms with Crippen LogP contribution in [0, 0.1) is 0 Å². The average Bonchev–Trinajstić information content (AvgIpc) is 3.12. The predicted molar refractivity (Wildman–Crippen MR) is 90.1 cm³/mol. The number of benzene rings is 2. The molecule has 128 valence electrons. The maximum absolute atomic E-state index is 11.7. The highest BCUT2D eigenvalue weighted by atomic mass is 16.6. The minimum absolute atomic E-state index is 0.0371. The van der Waals surface area contributed by atoms with Gasteiger partial charge in [-0.15, -0.1) is 0 Å². The Labute approximate surface area is 141 Å². The van der Waals surface area contributed by atoms with E-state index in [4.69, 9.17) is 18.9 Å². The van der Waals surface area contributed by atoms with Crippen LogP contribution in [0.2, 0.25) is 0 Å². The summed E-state index contributed by atoms with van der Waals surface area (Å²) in [7, 11) is 1.65. The maximum atomic E-state index is 11.7. The molecule has 1 saturated heterocycles. The molecule has 5 nitrogen and oxygen atoms in total. The number of hydrogen-bond acceptors (Lipinski definition) is 5. The van der Waals surface area contributed by atoms with Gasteiger partial charge in [0.2, 0.25) is 0 Å². The molecule has 1 aliphatic heterocycles. The van der Waals surface area contributed by atoms with Crippen molar-refractivity contribution in [3.05, 3.63) is 42.0 Å². The molecular weight excluding hydrogens is 308 g/mol. The second kappa shape index (κ2) is 8.13. The number of rotatable bonds is 7. The molecule has 0 aromatic heterocycles. The van der Waals surface area contributed by atoms with E-state index >= 15 is 0 Å². The quantitative estimate of drug-likeness (QED) is 0.730. The molecule has 1 fully saturated rings. The minimum Gasteiger partial charge on any atom is -0.497 e. The van der Waals surface area contributed by atoms with E-state index < -0.39 is 0 Å². The Balaban J connectivity index is 1.46. The standard InChI is InChI=1S/C19H22O5/c1-21-17-7-6-15-9-14(4-5-16(15)10-17)11-24-19(20)13-22-12-18-3-2-8-23-18/h4-7,9-10,18H,2-3,8,11-13H2,1H3. The van der Waals surface area contributed by atoms with Crippen LogP contribution in [-0.4, -0.2) is 39.0 Å². The summed E-state index contributed by atoms with van der Waals surface area (Å²) in [5.74, 6) is 0.466. The number of fused-ring (bicyclic) bond motifs is 1. The Morgan fingerprint density at radius 1 is 1.21 bits per heavy atom. The van der Waals surface area contributed by atoms with Crippen LogP contribution in [0.5, 0.6) is 5.75 Å². The van der Waals surface area contributed by atoms with Gasteiger partial charge in [-0.3, -0.25) is 0 Å². The second-order valence-corrected chi connectivity index (χ2v) is 5.86. The van der Waals surface area contributed by atoms with E-state index in [9.17, 15) is 4.79 Å². The third-order valence-electron chi connectivity index (χ3n) is 4.06. The SMILES string of the molecule is COc1ccc2cc(COC(=O)COCC3CCCO3)ccc2c1. The first-order valence-electron chi connectivity index (χ1n) is 8.16. The van der Waals surface area contributed by atoms with Gasteiger partial charge in [0.05, 0.1) is 19.8 Å². The summed E-state index contributed by atoms with van der Waals surface area (Å²) in [5, 5.41) is 2.17. The summed E-state index contributed by atoms with van der Waals surface area (Å²) in [5.41, 5.74) is 0.945. The first-order chi connectivity index (χ1) is 11.7. The lowest BCUT2D eigenvalue weighted by Crippen LogP contribution is -2.19. The highest BCUT2D eigenvalue weighted by Gasteiger charge is 2.16. The first kappa shape index (κ1) is 16.7. The van der Waals surface area contributed by atoms with Crippen LogP contribution in [0.1, 0.15) is 18.4 Å². The third-order valence-corrected chi connectivity index (χ3v) is 4.06. The van der Waals surface area contributed by atoms with E-state index in [-0.39, 0.29) is 25.3 Å². The highest BCUT2D eigenvalue weighted by Crippen LogP contribution is 2.22. The second-order valence-electron chi connectivity index (χ2n) is 5.86. The topological polar surface area (TPSA) is 54.0 Å². The molecule has 0 radical (unpaired) electrons. The molecule has 2 aromatic carbocycles. The van der Waals surface area contributed by atoms with Crippen molar-refractivity contribution in [2.45, 2.75) is 25.6 Å². The Kier molecular flexibility index (Phi) is 5.67. The van der Waals surface area contributed by atoms with Crippen LogP contribution in [0.4, 0.5) is 0 Å². The molecule has 3 rings (SSSR count). The van der Waals surface area contributed by atoms with Crippen molar-refractivity contribution in [2.24, 2.45) is 0 Å². The van der Waals surface area contributed by atoms with E-state index in [0.29, 0.717) is 6.61 Å². The van der Waals surface area contributed by atoms with Crippen molar-refractivity contribution in [2.75, 3.05) is 26.9 Å². The van der Waals surface area contributed by atoms with Gasteiger partial charge >= 0.3 is 5.97 Å². The lowest BCUT2D eigenvalue weighted by atomic mass is 10.1. The van der Waals surface area contributed by atoms with Gasteiger partial charge in [-0.1, -0.05) is 18.2 Å². The largest absolute Gasteiger partial charge is 0.497 e. The van der Waals surface area contributed by atoms with Crippen LogP contribution < -0.4 is 4.74 Å². The Hall–Kier alpha value is -2.11. The molecule has 1 heterocycles. The zero-order chi connectivity index (χ0) is 16.8. The van der Waals surface area contributed by atoms with Gasteiger partial charge in [0.1, 0.15) is 19.0 Å². The van der Waals surface area contributed by atoms with Gasteiger partial charge in [-0.05, 0) is 47.4 Å². The minimum atomic E-state index is -0.358. The number of hydrogen-bond donors (Lipinski definition) is 0. The molecule has 1 unspecified atom stereocenters. The maximum Gasteiger partial charge on any atom is 0.332 e. The monoisotopic (exact) mass is 330 g/mol. The first-order valence-corrected chi connectivity index (χ1v) is 8.16. The summed E-state index contributed by atoms with van der Waals surface area (Å²) in [6.07, 6.45) is 2.18. The van der Waals surface area contributed by atoms with Gasteiger partial charge in [0, 0.05) is 6.61 Å². The average molecular weight is 330 g/mol. The van der Waals surface area contributed by atoms with E-state index in [1.807, 2.05) is 36.4 Å². The highest BCUT2D eigenvalue weighted by molar-refractivity contribution is 5.84. The van der Waals surface area contributed by atoms with Crippen LogP contribution in [0.25, 0.3) is 10.8 Å². The van der Waals surface area contributed by atoms with Crippen molar-refractivity contribution >= 4 is 16.7 Å². The number of carbonyl (C=O) groups is 1. The Morgan fingerprint density at radius 2 is 2.04 bits per heavy atom. The van der Waals surface area contributed by atoms with Crippen molar-refractivity contribution in [3.8, 4) is 5.75 Å². The fraction of sp³-hybridized carbons (Fsp3) is 0.421. The number of carbonyl (C=O) groups excluding carboxylic acids is 1. The van der Waals surface area contributed by atoms with Gasteiger partial charge in [-0.25, -0.2) is 4.79 Å². The molecule has 1 atom stereocenters. The lowest BCUT2D eigenvalue weighted by Gasteiger charge is -2.10. The number of esters is 1. The molecule has 0 amide bonds. The smallest absolute Gasteiger partial charge is 0.332 e. The molecular formula is C19H22O5. The Bertz CT molecular complexity index is 691. The van der Waals surface area contributed by atoms with E-state index in [2.05, 4.69) is 0 Å². The zero-order valence-corrected chi connectivity index (χ0v) is 13.8. The summed E-state index contributed by atoms with van der Waals surface area (Å²) < 4.78 is 21.3. The molecule has 0 spiro atoms. The summed E-state index contributed by atoms with van der Waals surface area (Å²) in [6, 6.07) is 11.8. The van der Waals surface area contributed by atoms with Gasteiger partial charge in [0.25, 0.3) is 0 Å². The lowest BCUT2D eigenvalue weighted by molar-refractivity contribution is -0.151. The fourth-order valence-corrected chi connectivity index (χ4v) is 2.75. The van der Waals surface area contributed by atoms with Gasteiger partial charge in [-0.2, -0.15) is 0 Å². The fourth-order valence-electron chi connectivity index (χ4n) is 2.75. The van der Waals surface area contributed by atoms with Crippen LogP contribution in [0.3, 0.4) is 0 Å². The Morgan fingerprint density at radius 3 is 2.83 bits per heavy atom. The predicted octanol–water partition coefficient (Wildman–Crippen LogP) is 3.09. The van der Waals surface area contributed by atoms with Gasteiger partial charge < -0.3 is 18.9 Å². The van der Waals surface area contributed by atoms with Crippen molar-refractivity contribution in [1.82, 2.24) is 0 Å². The molecule has 0 aliphatic carbocycles. The molecule has 1 aliphatic rings.